The number of hydrogen-bond acceptors (Lipinski definition) is 18. The van der Waals surface area contributed by atoms with Crippen molar-refractivity contribution in [1.29, 1.82) is 0 Å². The molecule has 0 bridgehead atoms. The van der Waals surface area contributed by atoms with Gasteiger partial charge in [0.2, 0.25) is 0 Å². The summed E-state index contributed by atoms with van der Waals surface area (Å²) in [5.74, 6) is -2.98. The first-order valence-corrected chi connectivity index (χ1v) is 20.1. The van der Waals surface area contributed by atoms with Gasteiger partial charge in [0.15, 0.2) is 11.5 Å². The molecular weight excluding hydrogens is 917 g/mol. The van der Waals surface area contributed by atoms with Crippen LogP contribution in [-0.4, -0.2) is 61.1 Å². The van der Waals surface area contributed by atoms with Gasteiger partial charge in [-0.1, -0.05) is 12.1 Å². The topological polar surface area (TPSA) is 343 Å². The standard InChI is InChI=1S/C35H26N6O14S3.4Na/c1-17-12-24(56(47,48)49)8-11-27(17)39-41-31-29(58(53,54)55)16-20-14-23(7-10-26(20)33(31)43)37-35(46)36-22-6-9-25-19(13-22)15-28(57(50,51)52)30(32(25)42)40-38-21-4-2-18(3-5-21)34(44)45;;;;/h2-16,42-43H,1H3,(H,44,45)(H2,36,37,46)(H,47,48,49)(H,50,51,52)(H,53,54,55);;;;/q;4*+1/p-4. The molecule has 0 aliphatic carbocycles. The molecule has 4 N–H and O–H groups in total. The number of phenolic OH excluding ortho intramolecular Hbond substituents is 2. The van der Waals surface area contributed by atoms with Crippen molar-refractivity contribution in [1.82, 2.24) is 0 Å². The molecule has 298 valence electrons. The zero-order chi connectivity index (χ0) is 42.3. The Morgan fingerprint density at radius 3 is 1.42 bits per heavy atom. The number of carbonyl (C=O) groups excluding carboxylic acids is 2. The van der Waals surface area contributed by atoms with Gasteiger partial charge < -0.3 is 44.4 Å². The van der Waals surface area contributed by atoms with Crippen molar-refractivity contribution in [2.45, 2.75) is 21.6 Å². The van der Waals surface area contributed by atoms with Crippen LogP contribution in [0.2, 0.25) is 0 Å². The maximum absolute atomic E-state index is 13.0. The molecule has 0 atom stereocenters. The third-order valence-corrected chi connectivity index (χ3v) is 10.8. The fraction of sp³-hybridized carbons (Fsp3) is 0.0286. The number of aromatic carboxylic acids is 1. The molecule has 6 aromatic rings. The number of rotatable bonds is 10. The maximum Gasteiger partial charge on any atom is 1.00 e. The Morgan fingerprint density at radius 2 is 1.02 bits per heavy atom. The second-order valence-electron chi connectivity index (χ2n) is 12.1. The maximum atomic E-state index is 13.0. The van der Waals surface area contributed by atoms with Crippen LogP contribution in [0.1, 0.15) is 15.9 Å². The summed E-state index contributed by atoms with van der Waals surface area (Å²) >= 11 is 0. The molecule has 62 heavy (non-hydrogen) atoms. The SMILES string of the molecule is Cc1cc(S(=O)(=O)[O-])ccc1N=Nc1c(S(=O)(=O)[O-])cc2cc(NC(=O)Nc3ccc4c(O)c(N=Nc5ccc(C(=O)[O-])cc5)c(S(=O)(=O)[O-])cc4c3)ccc2c1O.[Na+].[Na+].[Na+].[Na+]. The van der Waals surface area contributed by atoms with E-state index in [1.54, 1.807) is 0 Å². The molecule has 0 unspecified atom stereocenters. The van der Waals surface area contributed by atoms with Crippen molar-refractivity contribution in [3.05, 3.63) is 102 Å². The zero-order valence-corrected chi connectivity index (χ0v) is 43.4. The van der Waals surface area contributed by atoms with Gasteiger partial charge in [0.1, 0.15) is 41.7 Å². The second-order valence-corrected chi connectivity index (χ2v) is 16.2. The molecule has 0 radical (unpaired) electrons. The van der Waals surface area contributed by atoms with E-state index in [-0.39, 0.29) is 174 Å². The van der Waals surface area contributed by atoms with Crippen molar-refractivity contribution in [2.75, 3.05) is 10.6 Å². The molecule has 6 aromatic carbocycles. The number of aryl methyl sites for hydroxylation is 1. The number of carboxylic acid groups (broad SMARTS) is 1. The Morgan fingerprint density at radius 1 is 0.565 bits per heavy atom. The number of anilines is 2. The minimum atomic E-state index is -5.31. The van der Waals surface area contributed by atoms with Gasteiger partial charge in [-0.2, -0.15) is 10.2 Å². The molecular formula is C35H22N6Na4O14S3. The van der Waals surface area contributed by atoms with E-state index in [4.69, 9.17) is 0 Å². The molecule has 0 saturated carbocycles. The number of amides is 2. The Bertz CT molecular complexity index is 3140. The number of carbonyl (C=O) groups is 2. The fourth-order valence-electron chi connectivity index (χ4n) is 5.50. The van der Waals surface area contributed by atoms with E-state index in [9.17, 15) is 63.8 Å². The van der Waals surface area contributed by atoms with E-state index < -0.39 is 79.9 Å². The normalized spacial score (nSPS) is 11.6. The van der Waals surface area contributed by atoms with Gasteiger partial charge in [-0.15, -0.1) is 10.2 Å². The molecule has 27 heteroatoms. The largest absolute Gasteiger partial charge is 1.00 e. The molecule has 0 aliphatic rings. The van der Waals surface area contributed by atoms with Crippen molar-refractivity contribution in [3.63, 3.8) is 0 Å². The minimum Gasteiger partial charge on any atom is -0.744 e. The molecule has 0 heterocycles. The summed E-state index contributed by atoms with van der Waals surface area (Å²) in [4.78, 5) is 21.5. The summed E-state index contributed by atoms with van der Waals surface area (Å²) in [5, 5.41) is 52.8. The number of hydrogen-bond donors (Lipinski definition) is 4. The Kier molecular flexibility index (Phi) is 19.5. The van der Waals surface area contributed by atoms with Crippen LogP contribution >= 0.6 is 0 Å². The first-order valence-electron chi connectivity index (χ1n) is 15.9. The molecule has 0 aliphatic heterocycles. The number of nitrogens with one attached hydrogen (secondary N) is 2. The van der Waals surface area contributed by atoms with E-state index in [0.29, 0.717) is 0 Å². The van der Waals surface area contributed by atoms with Crippen LogP contribution in [-0.2, 0) is 30.4 Å². The third kappa shape index (κ3) is 12.9. The number of nitrogens with zero attached hydrogens (tertiary/aromatic N) is 4. The average Bonchev–Trinajstić information content (AvgIpc) is 3.13. The first-order chi connectivity index (χ1) is 27.1. The number of carboxylic acids is 1. The second kappa shape index (κ2) is 21.9. The molecule has 0 fully saturated rings. The summed E-state index contributed by atoms with van der Waals surface area (Å²) in [7, 11) is -15.4. The predicted molar refractivity (Wildman–Crippen MR) is 198 cm³/mol. The number of azo groups is 2. The summed E-state index contributed by atoms with van der Waals surface area (Å²) in [6, 6.07) is 16.3. The Balaban J connectivity index is 0.00000331. The quantitative estimate of drug-likeness (QED) is 0.0564. The molecule has 0 saturated heterocycles. The van der Waals surface area contributed by atoms with Crippen LogP contribution in [0.15, 0.2) is 126 Å². The van der Waals surface area contributed by atoms with Crippen molar-refractivity contribution >= 4 is 98.0 Å². The van der Waals surface area contributed by atoms with Gasteiger partial charge in [0.05, 0.1) is 32.0 Å². The number of benzene rings is 6. The van der Waals surface area contributed by atoms with Crippen molar-refractivity contribution in [3.8, 4) is 11.5 Å². The Hall–Kier alpha value is -2.89. The van der Waals surface area contributed by atoms with E-state index in [0.717, 1.165) is 42.5 Å². The smallest absolute Gasteiger partial charge is 0.744 e. The van der Waals surface area contributed by atoms with Crippen LogP contribution in [0.5, 0.6) is 11.5 Å². The van der Waals surface area contributed by atoms with E-state index in [1.165, 1.54) is 55.5 Å². The van der Waals surface area contributed by atoms with Crippen LogP contribution < -0.4 is 134 Å². The molecule has 20 nitrogen and oxygen atoms in total. The number of fused-ring (bicyclic) bond motifs is 2. The molecule has 0 aromatic heterocycles. The van der Waals surface area contributed by atoms with Crippen LogP contribution in [0.3, 0.4) is 0 Å². The number of aromatic hydroxyl groups is 2. The zero-order valence-electron chi connectivity index (χ0n) is 33.0. The summed E-state index contributed by atoms with van der Waals surface area (Å²) in [6.07, 6.45) is 0. The summed E-state index contributed by atoms with van der Waals surface area (Å²) in [6.45, 7) is 1.39. The van der Waals surface area contributed by atoms with Crippen molar-refractivity contribution < 1.29 is 182 Å². The van der Waals surface area contributed by atoms with E-state index in [1.807, 2.05) is 0 Å². The Labute approximate surface area is 440 Å². The predicted octanol–water partition coefficient (Wildman–Crippen LogP) is -6.72. The van der Waals surface area contributed by atoms with Gasteiger partial charge in [-0.3, -0.25) is 0 Å². The molecule has 2 amide bonds. The first kappa shape index (κ1) is 55.2. The fourth-order valence-corrected chi connectivity index (χ4v) is 7.35. The van der Waals surface area contributed by atoms with Gasteiger partial charge in [-0.05, 0) is 108 Å². The minimum absolute atomic E-state index is 0. The van der Waals surface area contributed by atoms with E-state index in [2.05, 4.69) is 31.1 Å². The molecule has 6 rings (SSSR count). The molecule has 0 spiro atoms. The van der Waals surface area contributed by atoms with E-state index >= 15 is 0 Å². The van der Waals surface area contributed by atoms with Crippen molar-refractivity contribution in [2.24, 2.45) is 20.5 Å². The van der Waals surface area contributed by atoms with Crippen LogP contribution in [0.25, 0.3) is 21.5 Å². The van der Waals surface area contributed by atoms with Gasteiger partial charge in [-0.25, -0.2) is 30.0 Å². The van der Waals surface area contributed by atoms with Gasteiger partial charge in [0.25, 0.3) is 0 Å². The van der Waals surface area contributed by atoms with Crippen LogP contribution in [0, 0.1) is 6.92 Å². The number of urea groups is 1. The summed E-state index contributed by atoms with van der Waals surface area (Å²) in [5.41, 5.74) is -1.36. The number of phenols is 2. The van der Waals surface area contributed by atoms with Gasteiger partial charge in [0, 0.05) is 22.1 Å². The third-order valence-electron chi connectivity index (χ3n) is 8.24. The van der Waals surface area contributed by atoms with Gasteiger partial charge >= 0.3 is 124 Å². The monoisotopic (exact) mass is 938 g/mol. The summed E-state index contributed by atoms with van der Waals surface area (Å²) < 4.78 is 107. The van der Waals surface area contributed by atoms with Crippen LogP contribution in [0.4, 0.5) is 38.9 Å². The average molecular weight is 939 g/mol.